The summed E-state index contributed by atoms with van der Waals surface area (Å²) in [4.78, 5) is 36.7. The number of nitro groups is 1. The topological polar surface area (TPSA) is 106 Å². The van der Waals surface area contributed by atoms with Crippen LogP contribution in [0.15, 0.2) is 83.5 Å². The van der Waals surface area contributed by atoms with Crippen LogP contribution in [0.25, 0.3) is 6.08 Å². The molecule has 1 heterocycles. The van der Waals surface area contributed by atoms with Crippen molar-refractivity contribution >= 4 is 29.3 Å². The van der Waals surface area contributed by atoms with Crippen LogP contribution in [0.4, 0.5) is 11.4 Å². The first-order valence-corrected chi connectivity index (χ1v) is 9.10. The van der Waals surface area contributed by atoms with Crippen molar-refractivity contribution in [3.8, 4) is 0 Å². The maximum absolute atomic E-state index is 12.7. The van der Waals surface area contributed by atoms with Gasteiger partial charge in [-0.2, -0.15) is 0 Å². The summed E-state index contributed by atoms with van der Waals surface area (Å²) in [6.45, 7) is -0.0440. The van der Waals surface area contributed by atoms with Gasteiger partial charge in [0.2, 0.25) is 11.8 Å². The van der Waals surface area contributed by atoms with Gasteiger partial charge in [0.15, 0.2) is 0 Å². The van der Waals surface area contributed by atoms with Crippen LogP contribution in [0.1, 0.15) is 11.3 Å². The number of non-ortho nitro benzene ring substituents is 1. The van der Waals surface area contributed by atoms with Crippen LogP contribution in [0.5, 0.6) is 0 Å². The Morgan fingerprint density at radius 1 is 1.03 bits per heavy atom. The second-order valence-corrected chi connectivity index (χ2v) is 6.37. The molecular formula is C22H19N3O5. The molecule has 30 heavy (non-hydrogen) atoms. The van der Waals surface area contributed by atoms with Gasteiger partial charge >= 0.3 is 0 Å². The quantitative estimate of drug-likeness (QED) is 0.348. The zero-order valence-corrected chi connectivity index (χ0v) is 15.9. The number of nitrogens with zero attached hydrogens (tertiary/aromatic N) is 2. The summed E-state index contributed by atoms with van der Waals surface area (Å²) in [5, 5.41) is 13.5. The van der Waals surface area contributed by atoms with Gasteiger partial charge in [0.05, 0.1) is 17.7 Å². The summed E-state index contributed by atoms with van der Waals surface area (Å²) in [6, 6.07) is 18.2. The van der Waals surface area contributed by atoms with Crippen LogP contribution < -0.4 is 5.32 Å². The van der Waals surface area contributed by atoms with Crippen molar-refractivity contribution in [1.82, 2.24) is 4.90 Å². The Hall–Kier alpha value is -4.20. The van der Waals surface area contributed by atoms with E-state index >= 15 is 0 Å². The van der Waals surface area contributed by atoms with E-state index in [2.05, 4.69) is 5.32 Å². The molecule has 0 fully saturated rings. The number of anilines is 1. The molecule has 0 spiro atoms. The summed E-state index contributed by atoms with van der Waals surface area (Å²) >= 11 is 0. The van der Waals surface area contributed by atoms with E-state index in [1.807, 2.05) is 6.07 Å². The number of amides is 2. The molecule has 0 bridgehead atoms. The summed E-state index contributed by atoms with van der Waals surface area (Å²) in [5.41, 5.74) is 1.23. The Morgan fingerprint density at radius 3 is 2.40 bits per heavy atom. The van der Waals surface area contributed by atoms with Crippen molar-refractivity contribution in [1.29, 1.82) is 0 Å². The van der Waals surface area contributed by atoms with Crippen LogP contribution >= 0.6 is 0 Å². The highest BCUT2D eigenvalue weighted by Gasteiger charge is 2.17. The zero-order valence-electron chi connectivity index (χ0n) is 15.9. The molecular weight excluding hydrogens is 386 g/mol. The molecule has 0 unspecified atom stereocenters. The van der Waals surface area contributed by atoms with Gasteiger partial charge in [-0.3, -0.25) is 19.7 Å². The van der Waals surface area contributed by atoms with E-state index in [0.29, 0.717) is 17.0 Å². The van der Waals surface area contributed by atoms with Gasteiger partial charge in [-0.15, -0.1) is 0 Å². The van der Waals surface area contributed by atoms with Crippen molar-refractivity contribution in [2.45, 2.75) is 6.54 Å². The minimum absolute atomic E-state index is 0.0319. The summed E-state index contributed by atoms with van der Waals surface area (Å²) in [5.74, 6) is -0.197. The highest BCUT2D eigenvalue weighted by atomic mass is 16.6. The normalized spacial score (nSPS) is 10.7. The van der Waals surface area contributed by atoms with Crippen molar-refractivity contribution in [2.24, 2.45) is 0 Å². The molecule has 0 aliphatic heterocycles. The lowest BCUT2D eigenvalue weighted by molar-refractivity contribution is -0.384. The lowest BCUT2D eigenvalue weighted by Crippen LogP contribution is -2.36. The number of furan rings is 1. The molecule has 0 aliphatic carbocycles. The van der Waals surface area contributed by atoms with E-state index in [0.717, 1.165) is 0 Å². The van der Waals surface area contributed by atoms with Gasteiger partial charge in [0, 0.05) is 23.9 Å². The predicted octanol–water partition coefficient (Wildman–Crippen LogP) is 3.87. The fraction of sp³-hybridized carbons (Fsp3) is 0.0909. The minimum Gasteiger partial charge on any atom is -0.467 e. The molecule has 0 saturated carbocycles. The second-order valence-electron chi connectivity index (χ2n) is 6.37. The Labute approximate surface area is 172 Å². The minimum atomic E-state index is -0.491. The summed E-state index contributed by atoms with van der Waals surface area (Å²) in [6.07, 6.45) is 4.35. The second kappa shape index (κ2) is 9.83. The van der Waals surface area contributed by atoms with E-state index in [-0.39, 0.29) is 24.7 Å². The highest BCUT2D eigenvalue weighted by molar-refractivity contribution is 5.98. The maximum atomic E-state index is 12.7. The monoisotopic (exact) mass is 405 g/mol. The molecule has 1 aromatic heterocycles. The van der Waals surface area contributed by atoms with E-state index < -0.39 is 10.8 Å². The standard InChI is InChI=1S/C22H19N3O5/c26-21(23-18-5-2-1-3-6-18)16-24(15-20-7-4-14-30-20)22(27)13-10-17-8-11-19(12-9-17)25(28)29/h1-14H,15-16H2,(H,23,26)/b13-10+. The van der Waals surface area contributed by atoms with Crippen LogP contribution in [-0.2, 0) is 16.1 Å². The van der Waals surface area contributed by atoms with Crippen molar-refractivity contribution in [3.05, 3.63) is 101 Å². The third kappa shape index (κ3) is 5.90. The summed E-state index contributed by atoms with van der Waals surface area (Å²) < 4.78 is 5.30. The van der Waals surface area contributed by atoms with Crippen LogP contribution in [0.3, 0.4) is 0 Å². The smallest absolute Gasteiger partial charge is 0.269 e. The average Bonchev–Trinajstić information content (AvgIpc) is 3.25. The predicted molar refractivity (Wildman–Crippen MR) is 111 cm³/mol. The molecule has 152 valence electrons. The molecule has 3 aromatic rings. The third-order valence-electron chi connectivity index (χ3n) is 4.15. The molecule has 0 aliphatic rings. The van der Waals surface area contributed by atoms with Gasteiger partial charge in [-0.25, -0.2) is 0 Å². The molecule has 2 amide bonds. The fourth-order valence-electron chi connectivity index (χ4n) is 2.68. The Bertz CT molecular complexity index is 1030. The first kappa shape index (κ1) is 20.5. The number of para-hydroxylation sites is 1. The van der Waals surface area contributed by atoms with E-state index in [1.54, 1.807) is 48.5 Å². The van der Waals surface area contributed by atoms with Crippen molar-refractivity contribution in [3.63, 3.8) is 0 Å². The SMILES string of the molecule is O=C(CN(Cc1ccco1)C(=O)/C=C/c1ccc([N+](=O)[O-])cc1)Nc1ccccc1. The first-order chi connectivity index (χ1) is 14.5. The third-order valence-corrected chi connectivity index (χ3v) is 4.15. The van der Waals surface area contributed by atoms with Crippen LogP contribution in [-0.4, -0.2) is 28.2 Å². The number of carbonyl (C=O) groups is 2. The van der Waals surface area contributed by atoms with E-state index in [4.69, 9.17) is 4.42 Å². The molecule has 2 aromatic carbocycles. The molecule has 8 heteroatoms. The van der Waals surface area contributed by atoms with Crippen molar-refractivity contribution < 1.29 is 18.9 Å². The van der Waals surface area contributed by atoms with Gasteiger partial charge in [-0.1, -0.05) is 18.2 Å². The number of nitro benzene ring substituents is 1. The molecule has 1 N–H and O–H groups in total. The number of nitrogens with one attached hydrogen (secondary N) is 1. The van der Waals surface area contributed by atoms with Crippen molar-refractivity contribution in [2.75, 3.05) is 11.9 Å². The highest BCUT2D eigenvalue weighted by Crippen LogP contribution is 2.14. The number of carbonyl (C=O) groups excluding carboxylic acids is 2. The largest absolute Gasteiger partial charge is 0.467 e. The molecule has 0 atom stereocenters. The number of rotatable bonds is 8. The Kier molecular flexibility index (Phi) is 6.73. The van der Waals surface area contributed by atoms with Gasteiger partial charge < -0.3 is 14.6 Å². The van der Waals surface area contributed by atoms with Crippen LogP contribution in [0.2, 0.25) is 0 Å². The zero-order chi connectivity index (χ0) is 21.3. The number of benzene rings is 2. The first-order valence-electron chi connectivity index (χ1n) is 9.10. The molecule has 0 saturated heterocycles. The van der Waals surface area contributed by atoms with E-state index in [1.165, 1.54) is 35.4 Å². The maximum Gasteiger partial charge on any atom is 0.269 e. The lowest BCUT2D eigenvalue weighted by atomic mass is 10.2. The van der Waals surface area contributed by atoms with Gasteiger partial charge in [0.25, 0.3) is 5.69 Å². The van der Waals surface area contributed by atoms with Crippen LogP contribution in [0, 0.1) is 10.1 Å². The number of hydrogen-bond donors (Lipinski definition) is 1. The van der Waals surface area contributed by atoms with E-state index in [9.17, 15) is 19.7 Å². The molecule has 3 rings (SSSR count). The molecule has 8 nitrogen and oxygen atoms in total. The Morgan fingerprint density at radius 2 is 1.77 bits per heavy atom. The lowest BCUT2D eigenvalue weighted by Gasteiger charge is -2.19. The van der Waals surface area contributed by atoms with Gasteiger partial charge in [-0.05, 0) is 48.0 Å². The summed E-state index contributed by atoms with van der Waals surface area (Å²) in [7, 11) is 0. The molecule has 0 radical (unpaired) electrons. The average molecular weight is 405 g/mol. The fourth-order valence-corrected chi connectivity index (χ4v) is 2.68. The van der Waals surface area contributed by atoms with Gasteiger partial charge in [0.1, 0.15) is 12.3 Å². The Balaban J connectivity index is 1.69. The number of hydrogen-bond acceptors (Lipinski definition) is 5.